The van der Waals surface area contributed by atoms with E-state index < -0.39 is 5.41 Å². The van der Waals surface area contributed by atoms with Crippen LogP contribution in [0.15, 0.2) is 11.6 Å². The van der Waals surface area contributed by atoms with Gasteiger partial charge in [-0.05, 0) is 77.2 Å². The number of ether oxygens (including phenoxy) is 1. The summed E-state index contributed by atoms with van der Waals surface area (Å²) in [5.41, 5.74) is 0.922. The van der Waals surface area contributed by atoms with Crippen LogP contribution >= 0.6 is 0 Å². The molecule has 0 N–H and O–H groups in total. The maximum atomic E-state index is 12.6. The standard InChI is InChI=1S/C23H42O2/c1-9-10-11-17(4)15-21(25-22(24)23(6,7)8)20-14-18(5)12-13-19(20)16(2)3/h15-16,18-21H,9-14H2,1-8H3/b17-15+/t18-,19+,20-,21+/m1/s1. The summed E-state index contributed by atoms with van der Waals surface area (Å²) in [6, 6.07) is 0. The lowest BCUT2D eigenvalue weighted by atomic mass is 9.67. The van der Waals surface area contributed by atoms with E-state index in [2.05, 4.69) is 40.7 Å². The minimum atomic E-state index is -0.447. The van der Waals surface area contributed by atoms with Gasteiger partial charge in [0.2, 0.25) is 0 Å². The van der Waals surface area contributed by atoms with E-state index in [-0.39, 0.29) is 12.1 Å². The van der Waals surface area contributed by atoms with E-state index in [9.17, 15) is 4.79 Å². The lowest BCUT2D eigenvalue weighted by Crippen LogP contribution is -2.39. The zero-order valence-corrected chi connectivity index (χ0v) is 18.0. The largest absolute Gasteiger partial charge is 0.457 e. The van der Waals surface area contributed by atoms with Gasteiger partial charge in [-0.25, -0.2) is 0 Å². The van der Waals surface area contributed by atoms with E-state index in [0.29, 0.717) is 17.8 Å². The van der Waals surface area contributed by atoms with Crippen molar-refractivity contribution in [2.75, 3.05) is 0 Å². The quantitative estimate of drug-likeness (QED) is 0.373. The Morgan fingerprint density at radius 3 is 2.36 bits per heavy atom. The first-order valence-electron chi connectivity index (χ1n) is 10.4. The third kappa shape index (κ3) is 7.15. The highest BCUT2D eigenvalue weighted by atomic mass is 16.5. The minimum absolute atomic E-state index is 0.0706. The first-order valence-corrected chi connectivity index (χ1v) is 10.4. The molecule has 25 heavy (non-hydrogen) atoms. The topological polar surface area (TPSA) is 26.3 Å². The van der Waals surface area contributed by atoms with Gasteiger partial charge in [0, 0.05) is 5.92 Å². The van der Waals surface area contributed by atoms with Crippen molar-refractivity contribution >= 4 is 5.97 Å². The van der Waals surface area contributed by atoms with Crippen LogP contribution in [0.4, 0.5) is 0 Å². The molecule has 0 saturated heterocycles. The Hall–Kier alpha value is -0.790. The van der Waals surface area contributed by atoms with Gasteiger partial charge in [-0.15, -0.1) is 0 Å². The van der Waals surface area contributed by atoms with E-state index in [1.807, 2.05) is 20.8 Å². The second kappa shape index (κ2) is 9.78. The molecule has 2 nitrogen and oxygen atoms in total. The van der Waals surface area contributed by atoms with Gasteiger partial charge < -0.3 is 4.74 Å². The van der Waals surface area contributed by atoms with Crippen LogP contribution in [0.1, 0.15) is 93.9 Å². The molecule has 2 heteroatoms. The van der Waals surface area contributed by atoms with Crippen LogP contribution in [-0.4, -0.2) is 12.1 Å². The second-order valence-electron chi connectivity index (χ2n) is 9.73. The summed E-state index contributed by atoms with van der Waals surface area (Å²) >= 11 is 0. The van der Waals surface area contributed by atoms with Crippen LogP contribution in [-0.2, 0) is 9.53 Å². The van der Waals surface area contributed by atoms with Crippen LogP contribution in [0.25, 0.3) is 0 Å². The Labute approximate surface area is 156 Å². The molecule has 0 aromatic carbocycles. The number of rotatable bonds is 7. The predicted octanol–water partition coefficient (Wildman–Crippen LogP) is 6.79. The highest BCUT2D eigenvalue weighted by molar-refractivity contribution is 5.75. The van der Waals surface area contributed by atoms with E-state index in [4.69, 9.17) is 4.74 Å². The molecule has 146 valence electrons. The zero-order valence-electron chi connectivity index (χ0n) is 18.0. The molecule has 0 aliphatic heterocycles. The first kappa shape index (κ1) is 22.3. The van der Waals surface area contributed by atoms with E-state index in [0.717, 1.165) is 12.3 Å². The summed E-state index contributed by atoms with van der Waals surface area (Å²) in [5.74, 6) is 2.38. The molecule has 0 amide bonds. The molecule has 0 radical (unpaired) electrons. The maximum Gasteiger partial charge on any atom is 0.311 e. The van der Waals surface area contributed by atoms with Crippen LogP contribution in [0.3, 0.4) is 0 Å². The van der Waals surface area contributed by atoms with Crippen molar-refractivity contribution < 1.29 is 9.53 Å². The van der Waals surface area contributed by atoms with Gasteiger partial charge in [0.05, 0.1) is 5.41 Å². The molecule has 0 spiro atoms. The zero-order chi connectivity index (χ0) is 19.2. The van der Waals surface area contributed by atoms with E-state index in [1.54, 1.807) is 0 Å². The van der Waals surface area contributed by atoms with Crippen molar-refractivity contribution in [3.63, 3.8) is 0 Å². The van der Waals surface area contributed by atoms with Gasteiger partial charge in [-0.1, -0.05) is 46.1 Å². The van der Waals surface area contributed by atoms with E-state index >= 15 is 0 Å². The molecule has 1 aliphatic carbocycles. The Bertz CT molecular complexity index is 441. The monoisotopic (exact) mass is 350 g/mol. The van der Waals surface area contributed by atoms with Crippen molar-refractivity contribution in [2.45, 2.75) is 100 Å². The Kier molecular flexibility index (Phi) is 8.71. The molecule has 1 saturated carbocycles. The fourth-order valence-corrected chi connectivity index (χ4v) is 4.02. The van der Waals surface area contributed by atoms with Gasteiger partial charge in [0.15, 0.2) is 0 Å². The average Bonchev–Trinajstić information content (AvgIpc) is 2.50. The summed E-state index contributed by atoms with van der Waals surface area (Å²) in [6.45, 7) is 17.3. The molecule has 0 aromatic heterocycles. The summed E-state index contributed by atoms with van der Waals surface area (Å²) in [6.07, 6.45) is 9.45. The molecule has 0 bridgehead atoms. The normalized spacial score (nSPS) is 26.6. The molecule has 0 heterocycles. The van der Waals surface area contributed by atoms with Crippen LogP contribution in [0.2, 0.25) is 0 Å². The van der Waals surface area contributed by atoms with Crippen molar-refractivity contribution in [3.8, 4) is 0 Å². The molecule has 4 atom stereocenters. The fourth-order valence-electron chi connectivity index (χ4n) is 4.02. The highest BCUT2D eigenvalue weighted by Gasteiger charge is 2.38. The van der Waals surface area contributed by atoms with Crippen LogP contribution in [0.5, 0.6) is 0 Å². The molecule has 1 rings (SSSR count). The van der Waals surface area contributed by atoms with Crippen LogP contribution < -0.4 is 0 Å². The number of carbonyl (C=O) groups is 1. The molecule has 1 aliphatic rings. The van der Waals surface area contributed by atoms with Crippen molar-refractivity contribution in [3.05, 3.63) is 11.6 Å². The third-order valence-corrected chi connectivity index (χ3v) is 5.72. The van der Waals surface area contributed by atoms with Gasteiger partial charge in [0.25, 0.3) is 0 Å². The SMILES string of the molecule is CCCC/C(C)=C/[C@H](OC(=O)C(C)(C)C)[C@@H]1C[C@H](C)CC[C@H]1C(C)C. The Morgan fingerprint density at radius 2 is 1.84 bits per heavy atom. The number of carbonyl (C=O) groups excluding carboxylic acids is 1. The highest BCUT2D eigenvalue weighted by Crippen LogP contribution is 2.41. The maximum absolute atomic E-state index is 12.6. The second-order valence-corrected chi connectivity index (χ2v) is 9.73. The number of esters is 1. The van der Waals surface area contributed by atoms with Gasteiger partial charge in [-0.3, -0.25) is 4.79 Å². The first-order chi connectivity index (χ1) is 11.6. The van der Waals surface area contributed by atoms with E-state index in [1.165, 1.54) is 37.7 Å². The fraction of sp³-hybridized carbons (Fsp3) is 0.870. The average molecular weight is 351 g/mol. The lowest BCUT2D eigenvalue weighted by Gasteiger charge is -2.41. The lowest BCUT2D eigenvalue weighted by molar-refractivity contribution is -0.161. The van der Waals surface area contributed by atoms with Gasteiger partial charge in [-0.2, -0.15) is 0 Å². The minimum Gasteiger partial charge on any atom is -0.457 e. The van der Waals surface area contributed by atoms with Crippen molar-refractivity contribution in [1.29, 1.82) is 0 Å². The molecule has 0 aromatic rings. The van der Waals surface area contributed by atoms with Gasteiger partial charge in [0.1, 0.15) is 6.10 Å². The molecular formula is C23H42O2. The summed E-state index contributed by atoms with van der Waals surface area (Å²) in [4.78, 5) is 12.6. The van der Waals surface area contributed by atoms with Crippen LogP contribution in [0, 0.1) is 29.1 Å². The van der Waals surface area contributed by atoms with Crippen molar-refractivity contribution in [2.24, 2.45) is 29.1 Å². The van der Waals surface area contributed by atoms with Gasteiger partial charge >= 0.3 is 5.97 Å². The number of hydrogen-bond donors (Lipinski definition) is 0. The van der Waals surface area contributed by atoms with Crippen molar-refractivity contribution in [1.82, 2.24) is 0 Å². The molecule has 1 fully saturated rings. The smallest absolute Gasteiger partial charge is 0.311 e. The Morgan fingerprint density at radius 1 is 1.20 bits per heavy atom. The number of hydrogen-bond acceptors (Lipinski definition) is 2. The summed E-state index contributed by atoms with van der Waals surface area (Å²) < 4.78 is 6.12. The summed E-state index contributed by atoms with van der Waals surface area (Å²) in [5, 5.41) is 0. The summed E-state index contributed by atoms with van der Waals surface area (Å²) in [7, 11) is 0. The molecule has 0 unspecified atom stereocenters. The predicted molar refractivity (Wildman–Crippen MR) is 107 cm³/mol. The number of allylic oxidation sites excluding steroid dienone is 1. The number of unbranched alkanes of at least 4 members (excludes halogenated alkanes) is 1. The molecular weight excluding hydrogens is 308 g/mol. The third-order valence-electron chi connectivity index (χ3n) is 5.72. The Balaban J connectivity index is 3.07.